The van der Waals surface area contributed by atoms with Gasteiger partial charge in [0.15, 0.2) is 0 Å². The summed E-state index contributed by atoms with van der Waals surface area (Å²) in [4.78, 5) is 34.6. The van der Waals surface area contributed by atoms with Gasteiger partial charge in [-0.25, -0.2) is 5.43 Å². The lowest BCUT2D eigenvalue weighted by atomic mass is 10.1. The number of anilines is 1. The Hall–Kier alpha value is -3.75. The van der Waals surface area contributed by atoms with Crippen molar-refractivity contribution in [2.24, 2.45) is 5.10 Å². The number of rotatable bonds is 6. The van der Waals surface area contributed by atoms with Crippen molar-refractivity contribution in [1.29, 1.82) is 0 Å². The third-order valence-corrected chi connectivity index (χ3v) is 4.61. The average Bonchev–Trinajstić information content (AvgIpc) is 2.74. The first-order valence-corrected chi connectivity index (χ1v) is 9.53. The van der Waals surface area contributed by atoms with Gasteiger partial charge in [-0.3, -0.25) is 19.7 Å². The number of nitro groups is 1. The van der Waals surface area contributed by atoms with Gasteiger partial charge in [-0.2, -0.15) is 5.10 Å². The van der Waals surface area contributed by atoms with Crippen molar-refractivity contribution in [1.82, 2.24) is 5.43 Å². The number of nitrogens with one attached hydrogen (secondary N) is 2. The molecular formula is C21H14Cl2N4O4. The van der Waals surface area contributed by atoms with Crippen LogP contribution in [0.4, 0.5) is 11.4 Å². The van der Waals surface area contributed by atoms with Crippen LogP contribution in [-0.2, 0) is 0 Å². The van der Waals surface area contributed by atoms with Crippen molar-refractivity contribution >= 4 is 52.6 Å². The number of halogens is 2. The first-order valence-electron chi connectivity index (χ1n) is 8.78. The van der Waals surface area contributed by atoms with Gasteiger partial charge in [-0.15, -0.1) is 0 Å². The molecule has 2 amide bonds. The van der Waals surface area contributed by atoms with Crippen molar-refractivity contribution in [2.45, 2.75) is 0 Å². The zero-order chi connectivity index (χ0) is 22.4. The molecule has 0 aliphatic carbocycles. The van der Waals surface area contributed by atoms with Gasteiger partial charge in [0.2, 0.25) is 0 Å². The highest BCUT2D eigenvalue weighted by Gasteiger charge is 2.12. The zero-order valence-corrected chi connectivity index (χ0v) is 17.2. The van der Waals surface area contributed by atoms with Gasteiger partial charge in [-0.1, -0.05) is 23.2 Å². The average molecular weight is 457 g/mol. The molecule has 31 heavy (non-hydrogen) atoms. The number of amides is 2. The second-order valence-electron chi connectivity index (χ2n) is 6.20. The lowest BCUT2D eigenvalue weighted by molar-refractivity contribution is -0.384. The molecule has 0 aromatic heterocycles. The number of carbonyl (C=O) groups excluding carboxylic acids is 2. The SMILES string of the molecule is O=C(N/N=C/c1ccc([N+](=O)[O-])cc1)c1ccc(NC(=O)c2ccc(Cl)cc2Cl)cc1. The van der Waals surface area contributed by atoms with Gasteiger partial charge in [0.05, 0.1) is 21.7 Å². The van der Waals surface area contributed by atoms with E-state index < -0.39 is 16.7 Å². The molecule has 0 bridgehead atoms. The number of hydrazone groups is 1. The Labute approximate surface area is 186 Å². The van der Waals surface area contributed by atoms with E-state index in [4.69, 9.17) is 23.2 Å². The summed E-state index contributed by atoms with van der Waals surface area (Å²) in [6.07, 6.45) is 1.37. The van der Waals surface area contributed by atoms with E-state index in [9.17, 15) is 19.7 Å². The number of benzene rings is 3. The number of non-ortho nitro benzene ring substituents is 1. The smallest absolute Gasteiger partial charge is 0.271 e. The lowest BCUT2D eigenvalue weighted by Crippen LogP contribution is -2.18. The molecule has 156 valence electrons. The van der Waals surface area contributed by atoms with Crippen LogP contribution in [-0.4, -0.2) is 23.0 Å². The van der Waals surface area contributed by atoms with E-state index in [1.165, 1.54) is 54.7 Å². The van der Waals surface area contributed by atoms with Gasteiger partial charge < -0.3 is 5.32 Å². The van der Waals surface area contributed by atoms with Crippen LogP contribution in [0.5, 0.6) is 0 Å². The van der Waals surface area contributed by atoms with E-state index in [0.717, 1.165) is 0 Å². The predicted molar refractivity (Wildman–Crippen MR) is 119 cm³/mol. The van der Waals surface area contributed by atoms with E-state index in [2.05, 4.69) is 15.8 Å². The lowest BCUT2D eigenvalue weighted by Gasteiger charge is -2.08. The van der Waals surface area contributed by atoms with Crippen LogP contribution in [0.1, 0.15) is 26.3 Å². The third-order valence-electron chi connectivity index (χ3n) is 4.06. The summed E-state index contributed by atoms with van der Waals surface area (Å²) < 4.78 is 0. The topological polar surface area (TPSA) is 114 Å². The number of hydrogen-bond acceptors (Lipinski definition) is 5. The van der Waals surface area contributed by atoms with Gasteiger partial charge in [0.25, 0.3) is 17.5 Å². The largest absolute Gasteiger partial charge is 0.322 e. The van der Waals surface area contributed by atoms with Crippen molar-refractivity contribution in [3.05, 3.63) is 104 Å². The van der Waals surface area contributed by atoms with Crippen LogP contribution in [0.25, 0.3) is 0 Å². The highest BCUT2D eigenvalue weighted by Crippen LogP contribution is 2.22. The summed E-state index contributed by atoms with van der Waals surface area (Å²) in [6, 6.07) is 16.4. The second-order valence-corrected chi connectivity index (χ2v) is 7.05. The maximum absolute atomic E-state index is 12.3. The summed E-state index contributed by atoms with van der Waals surface area (Å²) in [6.45, 7) is 0. The highest BCUT2D eigenvalue weighted by atomic mass is 35.5. The van der Waals surface area contributed by atoms with Gasteiger partial charge in [0, 0.05) is 28.4 Å². The second kappa shape index (κ2) is 9.84. The Kier molecular flexibility index (Phi) is 6.96. The van der Waals surface area contributed by atoms with Gasteiger partial charge >= 0.3 is 0 Å². The van der Waals surface area contributed by atoms with Crippen molar-refractivity contribution in [3.63, 3.8) is 0 Å². The van der Waals surface area contributed by atoms with Crippen molar-refractivity contribution < 1.29 is 14.5 Å². The van der Waals surface area contributed by atoms with Crippen LogP contribution < -0.4 is 10.7 Å². The van der Waals surface area contributed by atoms with E-state index in [1.54, 1.807) is 18.2 Å². The molecule has 2 N–H and O–H groups in total. The summed E-state index contributed by atoms with van der Waals surface area (Å²) >= 11 is 11.9. The van der Waals surface area contributed by atoms with Crippen molar-refractivity contribution in [3.8, 4) is 0 Å². The fourth-order valence-corrected chi connectivity index (χ4v) is 2.98. The number of carbonyl (C=O) groups is 2. The number of nitrogens with zero attached hydrogens (tertiary/aromatic N) is 2. The first-order chi connectivity index (χ1) is 14.8. The van der Waals surface area contributed by atoms with Crippen LogP contribution in [0.2, 0.25) is 10.0 Å². The zero-order valence-electron chi connectivity index (χ0n) is 15.7. The van der Waals surface area contributed by atoms with Crippen LogP contribution in [0.3, 0.4) is 0 Å². The standard InChI is InChI=1S/C21H14Cl2N4O4/c22-15-5-10-18(19(23)11-15)21(29)25-16-6-3-14(4-7-16)20(28)26-24-12-13-1-8-17(9-2-13)27(30)31/h1-12H,(H,25,29)(H,26,28)/b24-12+. The predicted octanol–water partition coefficient (Wildman–Crippen LogP) is 4.92. The Bertz CT molecular complexity index is 1160. The molecule has 0 spiro atoms. The van der Waals surface area contributed by atoms with E-state index >= 15 is 0 Å². The molecule has 0 unspecified atom stereocenters. The maximum atomic E-state index is 12.3. The molecule has 0 heterocycles. The number of nitro benzene ring substituents is 1. The molecule has 3 rings (SSSR count). The fourth-order valence-electron chi connectivity index (χ4n) is 2.49. The molecule has 10 heteroatoms. The Balaban J connectivity index is 1.58. The minimum absolute atomic E-state index is 0.0355. The molecule has 0 aliphatic heterocycles. The molecule has 3 aromatic rings. The first kappa shape index (κ1) is 21.9. The molecule has 0 fully saturated rings. The van der Waals surface area contributed by atoms with Crippen molar-refractivity contribution in [2.75, 3.05) is 5.32 Å². The van der Waals surface area contributed by atoms with Crippen LogP contribution in [0.15, 0.2) is 71.8 Å². The quantitative estimate of drug-likeness (QED) is 0.311. The minimum Gasteiger partial charge on any atom is -0.322 e. The molecule has 0 saturated heterocycles. The summed E-state index contributed by atoms with van der Waals surface area (Å²) in [7, 11) is 0. The molecule has 3 aromatic carbocycles. The monoisotopic (exact) mass is 456 g/mol. The Morgan fingerprint density at radius 3 is 2.23 bits per heavy atom. The minimum atomic E-state index is -0.501. The number of hydrogen-bond donors (Lipinski definition) is 2. The molecule has 0 saturated carbocycles. The normalized spacial score (nSPS) is 10.6. The van der Waals surface area contributed by atoms with E-state index in [1.807, 2.05) is 0 Å². The molecule has 0 radical (unpaired) electrons. The Morgan fingerprint density at radius 1 is 0.935 bits per heavy atom. The molecule has 0 aliphatic rings. The van der Waals surface area contributed by atoms with E-state index in [-0.39, 0.29) is 16.3 Å². The van der Waals surface area contributed by atoms with Crippen LogP contribution >= 0.6 is 23.2 Å². The summed E-state index contributed by atoms with van der Waals surface area (Å²) in [5.74, 6) is -0.872. The summed E-state index contributed by atoms with van der Waals surface area (Å²) in [5, 5.41) is 17.8. The Morgan fingerprint density at radius 2 is 1.61 bits per heavy atom. The van der Waals surface area contributed by atoms with Gasteiger partial charge in [-0.05, 0) is 60.2 Å². The maximum Gasteiger partial charge on any atom is 0.271 e. The molecular weight excluding hydrogens is 443 g/mol. The van der Waals surface area contributed by atoms with Crippen LogP contribution in [0, 0.1) is 10.1 Å². The molecule has 8 nitrogen and oxygen atoms in total. The summed E-state index contributed by atoms with van der Waals surface area (Å²) in [5.41, 5.74) is 3.98. The van der Waals surface area contributed by atoms with Gasteiger partial charge in [0.1, 0.15) is 0 Å². The van der Waals surface area contributed by atoms with E-state index in [0.29, 0.717) is 21.8 Å². The molecule has 0 atom stereocenters. The third kappa shape index (κ3) is 5.88. The fraction of sp³-hybridized carbons (Fsp3) is 0. The highest BCUT2D eigenvalue weighted by molar-refractivity contribution is 6.37.